The number of methoxy groups -OCH3 is 2. The predicted octanol–water partition coefficient (Wildman–Crippen LogP) is 5.15. The summed E-state index contributed by atoms with van der Waals surface area (Å²) in [5, 5.41) is 0. The fourth-order valence-electron chi connectivity index (χ4n) is 3.55. The Morgan fingerprint density at radius 2 is 1.09 bits per heavy atom. The van der Waals surface area contributed by atoms with Gasteiger partial charge in [-0.3, -0.25) is 0 Å². The van der Waals surface area contributed by atoms with E-state index in [1.807, 2.05) is 0 Å². The molecule has 2 heteroatoms. The molecule has 0 heterocycles. The fraction of sp³-hybridized carbons (Fsp3) is 0.400. The van der Waals surface area contributed by atoms with Crippen molar-refractivity contribution in [3.63, 3.8) is 0 Å². The van der Waals surface area contributed by atoms with E-state index in [-0.39, 0.29) is 0 Å². The minimum atomic E-state index is 0.659. The monoisotopic (exact) mass is 296 g/mol. The van der Waals surface area contributed by atoms with Crippen LogP contribution in [0.1, 0.15) is 48.6 Å². The summed E-state index contributed by atoms with van der Waals surface area (Å²) < 4.78 is 10.5. The van der Waals surface area contributed by atoms with Crippen molar-refractivity contribution in [2.75, 3.05) is 14.2 Å². The minimum Gasteiger partial charge on any atom is -0.497 e. The van der Waals surface area contributed by atoms with E-state index in [9.17, 15) is 0 Å². The topological polar surface area (TPSA) is 18.5 Å². The molecule has 0 radical (unpaired) electrons. The highest BCUT2D eigenvalue weighted by Gasteiger charge is 2.24. The van der Waals surface area contributed by atoms with E-state index in [4.69, 9.17) is 9.47 Å². The lowest BCUT2D eigenvalue weighted by Crippen LogP contribution is -2.13. The second kappa shape index (κ2) is 6.87. The van der Waals surface area contributed by atoms with Crippen LogP contribution in [0.2, 0.25) is 0 Å². The summed E-state index contributed by atoms with van der Waals surface area (Å²) >= 11 is 0. The van der Waals surface area contributed by atoms with E-state index < -0.39 is 0 Å². The molecule has 0 aliphatic heterocycles. The Morgan fingerprint density at radius 3 is 1.45 bits per heavy atom. The van der Waals surface area contributed by atoms with Crippen LogP contribution in [0.25, 0.3) is 0 Å². The molecule has 0 amide bonds. The third kappa shape index (κ3) is 3.27. The molecule has 0 saturated heterocycles. The first kappa shape index (κ1) is 15.0. The molecule has 2 nitrogen and oxygen atoms in total. The standard InChI is InChI=1S/C20H24O2/c1-21-19-10-6-15(7-11-19)17-4-3-5-18(14-17)16-8-12-20(22-2)13-9-16/h6-13,17-18H,3-5,14H2,1-2H3. The van der Waals surface area contributed by atoms with Gasteiger partial charge in [-0.05, 0) is 66.5 Å². The number of hydrogen-bond acceptors (Lipinski definition) is 2. The van der Waals surface area contributed by atoms with Crippen LogP contribution < -0.4 is 9.47 Å². The lowest BCUT2D eigenvalue weighted by molar-refractivity contribution is 0.391. The molecule has 22 heavy (non-hydrogen) atoms. The fourth-order valence-corrected chi connectivity index (χ4v) is 3.55. The van der Waals surface area contributed by atoms with Gasteiger partial charge in [0.05, 0.1) is 14.2 Å². The average molecular weight is 296 g/mol. The zero-order chi connectivity index (χ0) is 15.4. The van der Waals surface area contributed by atoms with E-state index in [1.54, 1.807) is 14.2 Å². The minimum absolute atomic E-state index is 0.659. The van der Waals surface area contributed by atoms with Crippen molar-refractivity contribution in [3.05, 3.63) is 59.7 Å². The third-order valence-electron chi connectivity index (χ3n) is 4.85. The quantitative estimate of drug-likeness (QED) is 0.777. The van der Waals surface area contributed by atoms with Crippen molar-refractivity contribution in [1.82, 2.24) is 0 Å². The zero-order valence-corrected chi connectivity index (χ0v) is 13.4. The van der Waals surface area contributed by atoms with Gasteiger partial charge in [-0.25, -0.2) is 0 Å². The smallest absolute Gasteiger partial charge is 0.118 e. The number of ether oxygens (including phenoxy) is 2. The van der Waals surface area contributed by atoms with Gasteiger partial charge in [-0.1, -0.05) is 30.7 Å². The predicted molar refractivity (Wildman–Crippen MR) is 89.9 cm³/mol. The van der Waals surface area contributed by atoms with Crippen LogP contribution in [0.4, 0.5) is 0 Å². The maximum atomic E-state index is 5.26. The molecule has 0 spiro atoms. The first-order valence-electron chi connectivity index (χ1n) is 8.08. The molecule has 2 aromatic rings. The summed E-state index contributed by atoms with van der Waals surface area (Å²) in [6, 6.07) is 17.2. The number of benzene rings is 2. The van der Waals surface area contributed by atoms with Gasteiger partial charge >= 0.3 is 0 Å². The molecule has 0 N–H and O–H groups in total. The van der Waals surface area contributed by atoms with Crippen molar-refractivity contribution in [3.8, 4) is 11.5 Å². The maximum absolute atomic E-state index is 5.26. The summed E-state index contributed by atoms with van der Waals surface area (Å²) in [5.41, 5.74) is 2.89. The summed E-state index contributed by atoms with van der Waals surface area (Å²) in [6.45, 7) is 0. The molecule has 0 aromatic heterocycles. The average Bonchev–Trinajstić information content (AvgIpc) is 2.62. The summed E-state index contributed by atoms with van der Waals surface area (Å²) in [5.74, 6) is 3.19. The molecule has 2 unspecified atom stereocenters. The van der Waals surface area contributed by atoms with Gasteiger partial charge in [-0.15, -0.1) is 0 Å². The van der Waals surface area contributed by atoms with Crippen LogP contribution in [-0.2, 0) is 0 Å². The molecule has 116 valence electrons. The lowest BCUT2D eigenvalue weighted by atomic mass is 9.75. The van der Waals surface area contributed by atoms with Crippen molar-refractivity contribution in [2.24, 2.45) is 0 Å². The highest BCUT2D eigenvalue weighted by Crippen LogP contribution is 2.41. The van der Waals surface area contributed by atoms with Crippen molar-refractivity contribution in [1.29, 1.82) is 0 Å². The van der Waals surface area contributed by atoms with Crippen molar-refractivity contribution >= 4 is 0 Å². The Morgan fingerprint density at radius 1 is 0.682 bits per heavy atom. The van der Waals surface area contributed by atoms with Gasteiger partial charge in [-0.2, -0.15) is 0 Å². The van der Waals surface area contributed by atoms with Gasteiger partial charge in [0, 0.05) is 0 Å². The van der Waals surface area contributed by atoms with Gasteiger partial charge in [0.25, 0.3) is 0 Å². The van der Waals surface area contributed by atoms with Gasteiger partial charge in [0.2, 0.25) is 0 Å². The van der Waals surface area contributed by atoms with Crippen LogP contribution in [-0.4, -0.2) is 14.2 Å². The normalized spacial score (nSPS) is 21.4. The third-order valence-corrected chi connectivity index (χ3v) is 4.85. The second-order valence-electron chi connectivity index (χ2n) is 6.11. The summed E-state index contributed by atoms with van der Waals surface area (Å²) in [4.78, 5) is 0. The van der Waals surface area contributed by atoms with Crippen LogP contribution in [0.5, 0.6) is 11.5 Å². The zero-order valence-electron chi connectivity index (χ0n) is 13.4. The Labute approximate surface area is 133 Å². The largest absolute Gasteiger partial charge is 0.497 e. The maximum Gasteiger partial charge on any atom is 0.118 e. The molecule has 1 aliphatic carbocycles. The molecular weight excluding hydrogens is 272 g/mol. The highest BCUT2D eigenvalue weighted by atomic mass is 16.5. The first-order chi connectivity index (χ1) is 10.8. The molecule has 1 fully saturated rings. The second-order valence-corrected chi connectivity index (χ2v) is 6.11. The van der Waals surface area contributed by atoms with Gasteiger partial charge < -0.3 is 9.47 Å². The van der Waals surface area contributed by atoms with E-state index in [0.717, 1.165) is 11.5 Å². The Bertz CT molecular complexity index is 533. The molecular formula is C20H24O2. The van der Waals surface area contributed by atoms with E-state index >= 15 is 0 Å². The molecule has 1 aliphatic rings. The SMILES string of the molecule is COc1ccc(C2CCCC(c3ccc(OC)cc3)C2)cc1. The van der Waals surface area contributed by atoms with E-state index in [0.29, 0.717) is 11.8 Å². The summed E-state index contributed by atoms with van der Waals surface area (Å²) in [7, 11) is 3.44. The van der Waals surface area contributed by atoms with Crippen LogP contribution in [0, 0.1) is 0 Å². The highest BCUT2D eigenvalue weighted by molar-refractivity contribution is 5.32. The van der Waals surface area contributed by atoms with Gasteiger partial charge in [0.1, 0.15) is 11.5 Å². The molecule has 0 bridgehead atoms. The van der Waals surface area contributed by atoms with Crippen molar-refractivity contribution in [2.45, 2.75) is 37.5 Å². The van der Waals surface area contributed by atoms with E-state index in [2.05, 4.69) is 48.5 Å². The van der Waals surface area contributed by atoms with Crippen LogP contribution in [0.3, 0.4) is 0 Å². The van der Waals surface area contributed by atoms with Crippen molar-refractivity contribution < 1.29 is 9.47 Å². The Kier molecular flexibility index (Phi) is 4.67. The summed E-state index contributed by atoms with van der Waals surface area (Å²) in [6.07, 6.45) is 5.12. The molecule has 2 atom stereocenters. The molecule has 3 rings (SSSR count). The molecule has 1 saturated carbocycles. The van der Waals surface area contributed by atoms with Crippen LogP contribution >= 0.6 is 0 Å². The van der Waals surface area contributed by atoms with E-state index in [1.165, 1.54) is 36.8 Å². The molecule has 2 aromatic carbocycles. The van der Waals surface area contributed by atoms with Gasteiger partial charge in [0.15, 0.2) is 0 Å². The number of rotatable bonds is 4. The van der Waals surface area contributed by atoms with Crippen LogP contribution in [0.15, 0.2) is 48.5 Å². The lowest BCUT2D eigenvalue weighted by Gasteiger charge is -2.30. The number of hydrogen-bond donors (Lipinski definition) is 0. The Balaban J connectivity index is 1.72. The Hall–Kier alpha value is -1.96. The first-order valence-corrected chi connectivity index (χ1v) is 8.08.